The zero-order valence-electron chi connectivity index (χ0n) is 12.0. The van der Waals surface area contributed by atoms with E-state index < -0.39 is 6.10 Å². The van der Waals surface area contributed by atoms with E-state index in [0.717, 1.165) is 29.7 Å². The third-order valence-electron chi connectivity index (χ3n) is 3.96. The predicted molar refractivity (Wildman–Crippen MR) is 77.7 cm³/mol. The molecule has 20 heavy (non-hydrogen) atoms. The molecule has 1 aromatic heterocycles. The molecule has 2 aromatic rings. The average molecular weight is 275 g/mol. The Morgan fingerprint density at radius 1 is 1.40 bits per heavy atom. The van der Waals surface area contributed by atoms with Crippen molar-refractivity contribution < 1.29 is 9.84 Å². The molecule has 1 N–H and O–H groups in total. The lowest BCUT2D eigenvalue weighted by molar-refractivity contribution is -0.0825. The van der Waals surface area contributed by atoms with Gasteiger partial charge in [-0.3, -0.25) is 4.68 Å². The second-order valence-corrected chi connectivity index (χ2v) is 5.53. The number of likely N-dealkylation sites (N-methyl/N-ethyl adjacent to an activating group) is 1. The SMILES string of the molecule is CN1CCOC(C(O)Cc2nn(C)c3ccccc23)C1. The lowest BCUT2D eigenvalue weighted by Crippen LogP contribution is -2.46. The molecule has 1 aliphatic rings. The maximum absolute atomic E-state index is 10.4. The first kappa shape index (κ1) is 13.5. The van der Waals surface area contributed by atoms with Gasteiger partial charge in [0.1, 0.15) is 0 Å². The van der Waals surface area contributed by atoms with E-state index >= 15 is 0 Å². The summed E-state index contributed by atoms with van der Waals surface area (Å²) in [5.41, 5.74) is 2.03. The van der Waals surface area contributed by atoms with Crippen molar-refractivity contribution in [2.24, 2.45) is 7.05 Å². The Hall–Kier alpha value is -1.43. The molecule has 0 saturated carbocycles. The van der Waals surface area contributed by atoms with Gasteiger partial charge < -0.3 is 14.7 Å². The molecule has 108 valence electrons. The summed E-state index contributed by atoms with van der Waals surface area (Å²) >= 11 is 0. The highest BCUT2D eigenvalue weighted by atomic mass is 16.5. The Balaban J connectivity index is 1.79. The van der Waals surface area contributed by atoms with Gasteiger partial charge in [-0.15, -0.1) is 0 Å². The van der Waals surface area contributed by atoms with Crippen molar-refractivity contribution >= 4 is 10.9 Å². The fourth-order valence-corrected chi connectivity index (χ4v) is 2.81. The molecule has 0 radical (unpaired) electrons. The molecule has 5 heteroatoms. The lowest BCUT2D eigenvalue weighted by Gasteiger charge is -2.32. The molecule has 0 aliphatic carbocycles. The van der Waals surface area contributed by atoms with E-state index in [4.69, 9.17) is 4.74 Å². The van der Waals surface area contributed by atoms with Gasteiger partial charge in [-0.05, 0) is 13.1 Å². The highest BCUT2D eigenvalue weighted by Crippen LogP contribution is 2.20. The Morgan fingerprint density at radius 2 is 2.20 bits per heavy atom. The summed E-state index contributed by atoms with van der Waals surface area (Å²) in [6, 6.07) is 8.11. The number of nitrogens with zero attached hydrogens (tertiary/aromatic N) is 3. The molecule has 1 aromatic carbocycles. The summed E-state index contributed by atoms with van der Waals surface area (Å²) in [6.07, 6.45) is -0.120. The van der Waals surface area contributed by atoms with Gasteiger partial charge in [0.15, 0.2) is 0 Å². The maximum atomic E-state index is 10.4. The third kappa shape index (κ3) is 2.57. The third-order valence-corrected chi connectivity index (χ3v) is 3.96. The fraction of sp³-hybridized carbons (Fsp3) is 0.533. The highest BCUT2D eigenvalue weighted by molar-refractivity contribution is 5.81. The van der Waals surface area contributed by atoms with Crippen molar-refractivity contribution in [1.29, 1.82) is 0 Å². The Kier molecular flexibility index (Phi) is 3.74. The Morgan fingerprint density at radius 3 is 3.00 bits per heavy atom. The summed E-state index contributed by atoms with van der Waals surface area (Å²) < 4.78 is 7.54. The summed E-state index contributed by atoms with van der Waals surface area (Å²) in [5, 5.41) is 16.1. The van der Waals surface area contributed by atoms with Crippen LogP contribution < -0.4 is 0 Å². The summed E-state index contributed by atoms with van der Waals surface area (Å²) in [7, 11) is 3.99. The topological polar surface area (TPSA) is 50.5 Å². The van der Waals surface area contributed by atoms with Gasteiger partial charge in [-0.2, -0.15) is 5.10 Å². The number of morpholine rings is 1. The van der Waals surface area contributed by atoms with E-state index in [1.54, 1.807) is 0 Å². The summed E-state index contributed by atoms with van der Waals surface area (Å²) in [6.45, 7) is 2.38. The smallest absolute Gasteiger partial charge is 0.0964 e. The number of benzene rings is 1. The van der Waals surface area contributed by atoms with Crippen LogP contribution in [0.25, 0.3) is 10.9 Å². The minimum absolute atomic E-state index is 0.130. The average Bonchev–Trinajstić information content (AvgIpc) is 2.76. The van der Waals surface area contributed by atoms with Crippen LogP contribution in [0, 0.1) is 0 Å². The van der Waals surface area contributed by atoms with E-state index in [9.17, 15) is 5.11 Å². The number of aliphatic hydroxyl groups is 1. The first-order chi connectivity index (χ1) is 9.65. The molecule has 1 aliphatic heterocycles. The van der Waals surface area contributed by atoms with Crippen LogP contribution in [-0.4, -0.2) is 58.7 Å². The van der Waals surface area contributed by atoms with Crippen LogP contribution in [-0.2, 0) is 18.2 Å². The van der Waals surface area contributed by atoms with Crippen LogP contribution in [0.5, 0.6) is 0 Å². The molecular formula is C15H21N3O2. The van der Waals surface area contributed by atoms with Crippen LogP contribution in [0.3, 0.4) is 0 Å². The second-order valence-electron chi connectivity index (χ2n) is 5.53. The van der Waals surface area contributed by atoms with Crippen LogP contribution in [0.4, 0.5) is 0 Å². The first-order valence-corrected chi connectivity index (χ1v) is 7.04. The number of aliphatic hydroxyl groups excluding tert-OH is 1. The monoisotopic (exact) mass is 275 g/mol. The Bertz CT molecular complexity index is 596. The van der Waals surface area contributed by atoms with Gasteiger partial charge in [0, 0.05) is 31.9 Å². The van der Waals surface area contributed by atoms with Crippen LogP contribution in [0.15, 0.2) is 24.3 Å². The van der Waals surface area contributed by atoms with Gasteiger partial charge in [0.05, 0.1) is 30.0 Å². The van der Waals surface area contributed by atoms with Gasteiger partial charge >= 0.3 is 0 Å². The number of aryl methyl sites for hydroxylation is 1. The number of aromatic nitrogens is 2. The van der Waals surface area contributed by atoms with Crippen LogP contribution in [0.1, 0.15) is 5.69 Å². The molecule has 1 fully saturated rings. The number of hydrogen-bond acceptors (Lipinski definition) is 4. The minimum atomic E-state index is -0.518. The van der Waals surface area contributed by atoms with E-state index in [2.05, 4.69) is 23.1 Å². The predicted octanol–water partition coefficient (Wildman–Crippen LogP) is 0.807. The minimum Gasteiger partial charge on any atom is -0.390 e. The first-order valence-electron chi connectivity index (χ1n) is 7.04. The van der Waals surface area contributed by atoms with E-state index in [1.165, 1.54) is 0 Å². The quantitative estimate of drug-likeness (QED) is 0.900. The molecule has 0 amide bonds. The van der Waals surface area contributed by atoms with E-state index in [-0.39, 0.29) is 6.10 Å². The van der Waals surface area contributed by atoms with Crippen LogP contribution in [0.2, 0.25) is 0 Å². The van der Waals surface area contributed by atoms with Crippen molar-refractivity contribution in [3.05, 3.63) is 30.0 Å². The molecule has 5 nitrogen and oxygen atoms in total. The van der Waals surface area contributed by atoms with Gasteiger partial charge in [0.25, 0.3) is 0 Å². The maximum Gasteiger partial charge on any atom is 0.0964 e. The largest absolute Gasteiger partial charge is 0.390 e. The molecule has 0 bridgehead atoms. The molecule has 1 saturated heterocycles. The molecule has 2 atom stereocenters. The molecular weight excluding hydrogens is 254 g/mol. The number of fused-ring (bicyclic) bond motifs is 1. The van der Waals surface area contributed by atoms with E-state index in [1.807, 2.05) is 29.9 Å². The van der Waals surface area contributed by atoms with Crippen molar-refractivity contribution in [2.75, 3.05) is 26.7 Å². The Labute approximate surface area is 118 Å². The molecule has 3 rings (SSSR count). The summed E-state index contributed by atoms with van der Waals surface area (Å²) in [5.74, 6) is 0. The molecule has 0 spiro atoms. The second kappa shape index (κ2) is 5.52. The highest BCUT2D eigenvalue weighted by Gasteiger charge is 2.26. The zero-order chi connectivity index (χ0) is 14.1. The van der Waals surface area contributed by atoms with Crippen molar-refractivity contribution in [1.82, 2.24) is 14.7 Å². The van der Waals surface area contributed by atoms with Gasteiger partial charge in [-0.1, -0.05) is 18.2 Å². The zero-order valence-corrected chi connectivity index (χ0v) is 12.0. The number of hydrogen-bond donors (Lipinski definition) is 1. The van der Waals surface area contributed by atoms with Crippen LogP contribution >= 0.6 is 0 Å². The lowest BCUT2D eigenvalue weighted by atomic mass is 10.0. The van der Waals surface area contributed by atoms with Crippen molar-refractivity contribution in [3.8, 4) is 0 Å². The number of ether oxygens (including phenoxy) is 1. The normalized spacial score (nSPS) is 22.2. The standard InChI is InChI=1S/C15H21N3O2/c1-17-7-8-20-15(10-17)14(19)9-12-11-5-3-4-6-13(11)18(2)16-12/h3-6,14-15,19H,7-10H2,1-2H3. The number of para-hydroxylation sites is 1. The number of rotatable bonds is 3. The van der Waals surface area contributed by atoms with Crippen molar-refractivity contribution in [2.45, 2.75) is 18.6 Å². The molecule has 2 unspecified atom stereocenters. The van der Waals surface area contributed by atoms with E-state index in [0.29, 0.717) is 13.0 Å². The van der Waals surface area contributed by atoms with Gasteiger partial charge in [-0.25, -0.2) is 0 Å². The fourth-order valence-electron chi connectivity index (χ4n) is 2.81. The van der Waals surface area contributed by atoms with Gasteiger partial charge in [0.2, 0.25) is 0 Å². The summed E-state index contributed by atoms with van der Waals surface area (Å²) in [4.78, 5) is 2.19. The molecule has 2 heterocycles. The van der Waals surface area contributed by atoms with Crippen molar-refractivity contribution in [3.63, 3.8) is 0 Å².